The average molecular weight is 344 g/mol. The molecule has 2 aromatic heterocycles. The van der Waals surface area contributed by atoms with Crippen LogP contribution in [0.4, 0.5) is 0 Å². The van der Waals surface area contributed by atoms with E-state index in [9.17, 15) is 4.79 Å². The smallest absolute Gasteiger partial charge is 0.240 e. The molecule has 21 heavy (non-hydrogen) atoms. The summed E-state index contributed by atoms with van der Waals surface area (Å²) in [4.78, 5) is 16.0. The monoisotopic (exact) mass is 343 g/mol. The zero-order valence-corrected chi connectivity index (χ0v) is 12.9. The second-order valence-corrected chi connectivity index (χ2v) is 5.60. The van der Waals surface area contributed by atoms with Gasteiger partial charge in [-0.15, -0.1) is 0 Å². The number of rotatable bonds is 4. The van der Waals surface area contributed by atoms with Crippen LogP contribution in [-0.2, 0) is 17.9 Å². The maximum absolute atomic E-state index is 12.1. The summed E-state index contributed by atoms with van der Waals surface area (Å²) in [6.45, 7) is 0.829. The molecule has 0 saturated carbocycles. The fourth-order valence-corrected chi connectivity index (χ4v) is 2.72. The highest BCUT2D eigenvalue weighted by atomic mass is 79.9. The molecule has 0 aliphatic rings. The predicted molar refractivity (Wildman–Crippen MR) is 85.7 cm³/mol. The maximum Gasteiger partial charge on any atom is 0.240 e. The van der Waals surface area contributed by atoms with Crippen LogP contribution < -0.4 is 5.32 Å². The van der Waals surface area contributed by atoms with Crippen LogP contribution >= 0.6 is 15.9 Å². The second-order valence-electron chi connectivity index (χ2n) is 4.75. The standard InChI is InChI=1S/C16H14BrN3O/c17-14-2-1-3-15-13(14)6-9-20(15)11-16(21)19-10-12-4-7-18-8-5-12/h1-9H,10-11H2,(H,19,21). The van der Waals surface area contributed by atoms with E-state index < -0.39 is 0 Å². The fraction of sp³-hybridized carbons (Fsp3) is 0.125. The van der Waals surface area contributed by atoms with Gasteiger partial charge in [0, 0.05) is 40.5 Å². The molecule has 0 spiro atoms. The summed E-state index contributed by atoms with van der Waals surface area (Å²) in [5.74, 6) is -0.00992. The van der Waals surface area contributed by atoms with Crippen LogP contribution in [0.5, 0.6) is 0 Å². The molecule has 0 saturated heterocycles. The number of fused-ring (bicyclic) bond motifs is 1. The van der Waals surface area contributed by atoms with E-state index in [2.05, 4.69) is 26.2 Å². The van der Waals surface area contributed by atoms with Gasteiger partial charge in [-0.1, -0.05) is 22.0 Å². The molecule has 0 fully saturated rings. The molecule has 0 bridgehead atoms. The maximum atomic E-state index is 12.1. The minimum atomic E-state index is -0.00992. The molecule has 0 unspecified atom stereocenters. The Hall–Kier alpha value is -2.14. The largest absolute Gasteiger partial charge is 0.350 e. The number of pyridine rings is 1. The van der Waals surface area contributed by atoms with Crippen molar-refractivity contribution in [2.45, 2.75) is 13.1 Å². The van der Waals surface area contributed by atoms with Crippen molar-refractivity contribution in [2.75, 3.05) is 0 Å². The van der Waals surface area contributed by atoms with E-state index in [0.29, 0.717) is 13.1 Å². The first-order valence-electron chi connectivity index (χ1n) is 6.63. The van der Waals surface area contributed by atoms with Crippen molar-refractivity contribution in [1.82, 2.24) is 14.9 Å². The number of hydrogen-bond donors (Lipinski definition) is 1. The number of carbonyl (C=O) groups is 1. The lowest BCUT2D eigenvalue weighted by molar-refractivity contribution is -0.121. The molecular formula is C16H14BrN3O. The average Bonchev–Trinajstić information content (AvgIpc) is 2.91. The van der Waals surface area contributed by atoms with Crippen LogP contribution in [0.15, 0.2) is 59.5 Å². The van der Waals surface area contributed by atoms with Crippen molar-refractivity contribution in [1.29, 1.82) is 0 Å². The van der Waals surface area contributed by atoms with E-state index in [1.165, 1.54) is 0 Å². The molecule has 0 aliphatic heterocycles. The number of carbonyl (C=O) groups excluding carboxylic acids is 1. The van der Waals surface area contributed by atoms with Crippen LogP contribution in [0.25, 0.3) is 10.9 Å². The lowest BCUT2D eigenvalue weighted by Crippen LogP contribution is -2.26. The number of hydrogen-bond acceptors (Lipinski definition) is 2. The SMILES string of the molecule is O=C(Cn1ccc2c(Br)cccc21)NCc1ccncc1. The molecule has 1 amide bonds. The Morgan fingerprint density at radius 3 is 2.81 bits per heavy atom. The van der Waals surface area contributed by atoms with E-state index >= 15 is 0 Å². The van der Waals surface area contributed by atoms with E-state index in [-0.39, 0.29) is 5.91 Å². The highest BCUT2D eigenvalue weighted by Crippen LogP contribution is 2.24. The molecule has 0 atom stereocenters. The molecule has 2 heterocycles. The Bertz CT molecular complexity index is 768. The van der Waals surface area contributed by atoms with Gasteiger partial charge in [-0.2, -0.15) is 0 Å². The van der Waals surface area contributed by atoms with Gasteiger partial charge < -0.3 is 9.88 Å². The van der Waals surface area contributed by atoms with Crippen LogP contribution in [-0.4, -0.2) is 15.5 Å². The van der Waals surface area contributed by atoms with Gasteiger partial charge in [0.1, 0.15) is 6.54 Å². The van der Waals surface area contributed by atoms with E-state index in [1.54, 1.807) is 12.4 Å². The molecule has 0 radical (unpaired) electrons. The van der Waals surface area contributed by atoms with E-state index in [1.807, 2.05) is 47.2 Å². The van der Waals surface area contributed by atoms with Gasteiger partial charge in [0.05, 0.1) is 0 Å². The van der Waals surface area contributed by atoms with Crippen molar-refractivity contribution in [3.8, 4) is 0 Å². The molecule has 106 valence electrons. The van der Waals surface area contributed by atoms with Crippen molar-refractivity contribution in [3.05, 3.63) is 65.0 Å². The Morgan fingerprint density at radius 2 is 2.00 bits per heavy atom. The Labute approximate surface area is 130 Å². The first kappa shape index (κ1) is 13.8. The summed E-state index contributed by atoms with van der Waals surface area (Å²) in [5, 5.41) is 4.03. The van der Waals surface area contributed by atoms with Gasteiger partial charge in [0.25, 0.3) is 0 Å². The third kappa shape index (κ3) is 3.13. The molecule has 5 heteroatoms. The van der Waals surface area contributed by atoms with E-state index in [4.69, 9.17) is 0 Å². The third-order valence-electron chi connectivity index (χ3n) is 3.31. The Balaban J connectivity index is 1.68. The number of aromatic nitrogens is 2. The van der Waals surface area contributed by atoms with Gasteiger partial charge in [0.15, 0.2) is 0 Å². The molecule has 1 aromatic carbocycles. The number of nitrogens with one attached hydrogen (secondary N) is 1. The van der Waals surface area contributed by atoms with E-state index in [0.717, 1.165) is 20.9 Å². The number of halogens is 1. The minimum absolute atomic E-state index is 0.00992. The lowest BCUT2D eigenvalue weighted by atomic mass is 10.2. The van der Waals surface area contributed by atoms with Crippen LogP contribution in [0.3, 0.4) is 0 Å². The summed E-state index contributed by atoms with van der Waals surface area (Å²) in [6.07, 6.45) is 5.37. The number of benzene rings is 1. The van der Waals surface area contributed by atoms with Gasteiger partial charge in [-0.25, -0.2) is 0 Å². The summed E-state index contributed by atoms with van der Waals surface area (Å²) in [6, 6.07) is 11.8. The fourth-order valence-electron chi connectivity index (χ4n) is 2.24. The first-order valence-corrected chi connectivity index (χ1v) is 7.42. The summed E-state index contributed by atoms with van der Waals surface area (Å²) in [7, 11) is 0. The second kappa shape index (κ2) is 6.10. The minimum Gasteiger partial charge on any atom is -0.350 e. The highest BCUT2D eigenvalue weighted by Gasteiger charge is 2.07. The molecule has 0 aliphatic carbocycles. The normalized spacial score (nSPS) is 10.7. The zero-order chi connectivity index (χ0) is 14.7. The van der Waals surface area contributed by atoms with Crippen molar-refractivity contribution in [2.24, 2.45) is 0 Å². The number of amides is 1. The van der Waals surface area contributed by atoms with Crippen LogP contribution in [0.1, 0.15) is 5.56 Å². The predicted octanol–water partition coefficient (Wildman–Crippen LogP) is 3.12. The van der Waals surface area contributed by atoms with Gasteiger partial charge in [0.2, 0.25) is 5.91 Å². The molecule has 1 N–H and O–H groups in total. The Kier molecular flexibility index (Phi) is 4.01. The van der Waals surface area contributed by atoms with Crippen LogP contribution in [0.2, 0.25) is 0 Å². The topological polar surface area (TPSA) is 46.9 Å². The van der Waals surface area contributed by atoms with Crippen molar-refractivity contribution >= 4 is 32.7 Å². The molecular weight excluding hydrogens is 330 g/mol. The quantitative estimate of drug-likeness (QED) is 0.791. The van der Waals surface area contributed by atoms with Gasteiger partial charge >= 0.3 is 0 Å². The van der Waals surface area contributed by atoms with Crippen LogP contribution in [0, 0.1) is 0 Å². The van der Waals surface area contributed by atoms with Crippen molar-refractivity contribution in [3.63, 3.8) is 0 Å². The Morgan fingerprint density at radius 1 is 1.19 bits per heavy atom. The zero-order valence-electron chi connectivity index (χ0n) is 11.3. The molecule has 4 nitrogen and oxygen atoms in total. The highest BCUT2D eigenvalue weighted by molar-refractivity contribution is 9.10. The summed E-state index contributed by atoms with van der Waals surface area (Å²) < 4.78 is 2.98. The summed E-state index contributed by atoms with van der Waals surface area (Å²) in [5.41, 5.74) is 2.09. The van der Waals surface area contributed by atoms with Gasteiger partial charge in [-0.05, 0) is 35.9 Å². The van der Waals surface area contributed by atoms with Gasteiger partial charge in [-0.3, -0.25) is 9.78 Å². The lowest BCUT2D eigenvalue weighted by Gasteiger charge is -2.07. The first-order chi connectivity index (χ1) is 10.2. The number of nitrogens with zero attached hydrogens (tertiary/aromatic N) is 2. The molecule has 3 aromatic rings. The third-order valence-corrected chi connectivity index (χ3v) is 4.00. The molecule has 3 rings (SSSR count). The van der Waals surface area contributed by atoms with Crippen molar-refractivity contribution < 1.29 is 4.79 Å². The summed E-state index contributed by atoms with van der Waals surface area (Å²) >= 11 is 3.52.